The molecule has 96 valence electrons. The summed E-state index contributed by atoms with van der Waals surface area (Å²) < 4.78 is 0. The largest absolute Gasteiger partial charge is 0.319 e. The Bertz CT molecular complexity index is 346. The van der Waals surface area contributed by atoms with Gasteiger partial charge in [-0.05, 0) is 19.3 Å². The first-order valence-electron chi connectivity index (χ1n) is 6.21. The number of hydrogen-bond acceptors (Lipinski definition) is 3. The van der Waals surface area contributed by atoms with Gasteiger partial charge in [-0.1, -0.05) is 27.2 Å². The Kier molecular flexibility index (Phi) is 4.40. The fourth-order valence-corrected chi connectivity index (χ4v) is 1.90. The zero-order valence-electron chi connectivity index (χ0n) is 10.7. The van der Waals surface area contributed by atoms with Gasteiger partial charge in [-0.15, -0.1) is 0 Å². The minimum absolute atomic E-state index is 0.265. The van der Waals surface area contributed by atoms with E-state index in [0.29, 0.717) is 25.1 Å². The maximum Gasteiger partial charge on any atom is 0.259 e. The van der Waals surface area contributed by atoms with Crippen LogP contribution in [0.2, 0.25) is 0 Å². The van der Waals surface area contributed by atoms with Crippen molar-refractivity contribution >= 4 is 17.6 Å². The Labute approximate surface area is 102 Å². The molecular weight excluding hydrogens is 218 g/mol. The van der Waals surface area contributed by atoms with Crippen LogP contribution in [0, 0.1) is 5.92 Å². The van der Waals surface area contributed by atoms with Crippen molar-refractivity contribution in [3.63, 3.8) is 0 Å². The molecule has 0 aromatic carbocycles. The molecule has 0 radical (unpaired) electrons. The summed E-state index contributed by atoms with van der Waals surface area (Å²) in [6, 6.07) is 0. The van der Waals surface area contributed by atoms with Crippen LogP contribution in [0.15, 0.2) is 4.99 Å². The highest BCUT2D eigenvalue weighted by atomic mass is 16.2. The lowest BCUT2D eigenvalue weighted by Gasteiger charge is -2.31. The number of amidine groups is 1. The Morgan fingerprint density at radius 1 is 1.29 bits per heavy atom. The number of carbonyl (C=O) groups is 2. The van der Waals surface area contributed by atoms with Crippen LogP contribution in [0.3, 0.4) is 0 Å². The normalized spacial score (nSPS) is 21.2. The van der Waals surface area contributed by atoms with E-state index in [1.54, 1.807) is 0 Å². The topological polar surface area (TPSA) is 84.6 Å². The number of carbonyl (C=O) groups excluding carboxylic acids is 2. The third kappa shape index (κ3) is 2.72. The molecule has 2 amide bonds. The van der Waals surface area contributed by atoms with E-state index in [4.69, 9.17) is 5.73 Å². The van der Waals surface area contributed by atoms with Gasteiger partial charge in [0.15, 0.2) is 0 Å². The second kappa shape index (κ2) is 5.40. The van der Waals surface area contributed by atoms with Crippen LogP contribution in [-0.2, 0) is 9.59 Å². The van der Waals surface area contributed by atoms with E-state index in [0.717, 1.165) is 6.42 Å². The highest BCUT2D eigenvalue weighted by molar-refractivity contribution is 6.18. The summed E-state index contributed by atoms with van der Waals surface area (Å²) in [4.78, 5) is 27.6. The molecule has 1 aliphatic rings. The molecule has 0 saturated carbocycles. The average molecular weight is 239 g/mol. The first-order chi connectivity index (χ1) is 7.98. The lowest BCUT2D eigenvalue weighted by atomic mass is 9.90. The number of rotatable bonds is 5. The van der Waals surface area contributed by atoms with E-state index in [9.17, 15) is 9.59 Å². The average Bonchev–Trinajstić information content (AvgIpc) is 2.32. The van der Waals surface area contributed by atoms with Gasteiger partial charge >= 0.3 is 0 Å². The molecule has 1 unspecified atom stereocenters. The molecule has 1 atom stereocenters. The summed E-state index contributed by atoms with van der Waals surface area (Å²) in [5.74, 6) is -0.938. The summed E-state index contributed by atoms with van der Waals surface area (Å²) in [6.45, 7) is 5.77. The molecule has 1 rings (SSSR count). The molecule has 1 heterocycles. The van der Waals surface area contributed by atoms with Crippen LogP contribution in [-0.4, -0.2) is 23.2 Å². The summed E-state index contributed by atoms with van der Waals surface area (Å²) in [6.07, 6.45) is 2.59. The minimum Gasteiger partial charge on any atom is -0.319 e. The molecule has 0 aromatic rings. The summed E-state index contributed by atoms with van der Waals surface area (Å²) in [7, 11) is 0. The SMILES string of the molecule is CCCC1C(=O)N=C(C(N)(CC)CC)NC1=O. The molecule has 0 fully saturated rings. The maximum atomic E-state index is 11.8. The highest BCUT2D eigenvalue weighted by Crippen LogP contribution is 2.19. The van der Waals surface area contributed by atoms with Crippen LogP contribution in [0.25, 0.3) is 0 Å². The van der Waals surface area contributed by atoms with Crippen molar-refractivity contribution in [3.8, 4) is 0 Å². The minimum atomic E-state index is -0.706. The van der Waals surface area contributed by atoms with Gasteiger partial charge in [0.1, 0.15) is 11.8 Å². The lowest BCUT2D eigenvalue weighted by Crippen LogP contribution is -2.58. The van der Waals surface area contributed by atoms with Crippen molar-refractivity contribution in [1.29, 1.82) is 0 Å². The number of aliphatic imine (C=N–C) groups is 1. The molecular formula is C12H21N3O2. The van der Waals surface area contributed by atoms with Crippen molar-refractivity contribution in [3.05, 3.63) is 0 Å². The molecule has 0 saturated heterocycles. The zero-order chi connectivity index (χ0) is 13.1. The standard InChI is InChI=1S/C12H21N3O2/c1-4-7-8-9(16)14-11(15-10(8)17)12(13,5-2)6-3/h8H,4-7,13H2,1-3H3,(H,14,15,16,17). The van der Waals surface area contributed by atoms with E-state index < -0.39 is 11.5 Å². The van der Waals surface area contributed by atoms with Crippen LogP contribution >= 0.6 is 0 Å². The summed E-state index contributed by atoms with van der Waals surface area (Å²) >= 11 is 0. The van der Waals surface area contributed by atoms with Crippen molar-refractivity contribution in [2.24, 2.45) is 16.6 Å². The summed E-state index contributed by atoms with van der Waals surface area (Å²) in [5, 5.41) is 2.69. The second-order valence-corrected chi connectivity index (χ2v) is 4.49. The van der Waals surface area contributed by atoms with Crippen molar-refractivity contribution in [1.82, 2.24) is 5.32 Å². The Morgan fingerprint density at radius 2 is 1.88 bits per heavy atom. The Hall–Kier alpha value is -1.23. The van der Waals surface area contributed by atoms with Gasteiger partial charge in [-0.3, -0.25) is 9.59 Å². The second-order valence-electron chi connectivity index (χ2n) is 4.49. The Morgan fingerprint density at radius 3 is 2.29 bits per heavy atom. The highest BCUT2D eigenvalue weighted by Gasteiger charge is 2.37. The van der Waals surface area contributed by atoms with Gasteiger partial charge in [0.05, 0.1) is 5.54 Å². The van der Waals surface area contributed by atoms with Gasteiger partial charge in [0.2, 0.25) is 5.91 Å². The first-order valence-corrected chi connectivity index (χ1v) is 6.21. The fourth-order valence-electron chi connectivity index (χ4n) is 1.90. The number of nitrogens with two attached hydrogens (primary N) is 1. The number of nitrogens with zero attached hydrogens (tertiary/aromatic N) is 1. The quantitative estimate of drug-likeness (QED) is 0.701. The number of amides is 2. The number of hydrogen-bond donors (Lipinski definition) is 2. The van der Waals surface area contributed by atoms with Crippen LogP contribution in [0.4, 0.5) is 0 Å². The van der Waals surface area contributed by atoms with Crippen LogP contribution in [0.1, 0.15) is 46.5 Å². The van der Waals surface area contributed by atoms with Crippen molar-refractivity contribution in [2.75, 3.05) is 0 Å². The lowest BCUT2D eigenvalue weighted by molar-refractivity contribution is -0.133. The third-order valence-corrected chi connectivity index (χ3v) is 3.39. The molecule has 1 aliphatic heterocycles. The zero-order valence-corrected chi connectivity index (χ0v) is 10.7. The molecule has 3 N–H and O–H groups in total. The molecule has 5 heteroatoms. The van der Waals surface area contributed by atoms with Crippen LogP contribution in [0.5, 0.6) is 0 Å². The maximum absolute atomic E-state index is 11.8. The van der Waals surface area contributed by atoms with E-state index in [1.807, 2.05) is 20.8 Å². The smallest absolute Gasteiger partial charge is 0.259 e. The predicted octanol–water partition coefficient (Wildman–Crippen LogP) is 0.975. The third-order valence-electron chi connectivity index (χ3n) is 3.39. The van der Waals surface area contributed by atoms with Crippen LogP contribution < -0.4 is 11.1 Å². The fraction of sp³-hybridized carbons (Fsp3) is 0.750. The molecule has 5 nitrogen and oxygen atoms in total. The van der Waals surface area contributed by atoms with Gasteiger partial charge in [0, 0.05) is 0 Å². The predicted molar refractivity (Wildman–Crippen MR) is 66.5 cm³/mol. The molecule has 0 aromatic heterocycles. The summed E-state index contributed by atoms with van der Waals surface area (Å²) in [5.41, 5.74) is 5.41. The monoisotopic (exact) mass is 239 g/mol. The molecule has 17 heavy (non-hydrogen) atoms. The molecule has 0 spiro atoms. The van der Waals surface area contributed by atoms with Gasteiger partial charge in [0.25, 0.3) is 5.91 Å². The van der Waals surface area contributed by atoms with Gasteiger partial charge in [-0.2, -0.15) is 4.99 Å². The van der Waals surface area contributed by atoms with E-state index in [1.165, 1.54) is 0 Å². The Balaban J connectivity index is 2.96. The number of nitrogens with one attached hydrogen (secondary N) is 1. The van der Waals surface area contributed by atoms with E-state index in [-0.39, 0.29) is 11.8 Å². The van der Waals surface area contributed by atoms with Gasteiger partial charge < -0.3 is 11.1 Å². The molecule has 0 aliphatic carbocycles. The molecule has 0 bridgehead atoms. The van der Waals surface area contributed by atoms with Gasteiger partial charge in [-0.25, -0.2) is 0 Å². The van der Waals surface area contributed by atoms with Crippen molar-refractivity contribution < 1.29 is 9.59 Å². The first kappa shape index (κ1) is 13.8. The van der Waals surface area contributed by atoms with E-state index >= 15 is 0 Å². The van der Waals surface area contributed by atoms with Crippen molar-refractivity contribution in [2.45, 2.75) is 52.0 Å². The van der Waals surface area contributed by atoms with E-state index in [2.05, 4.69) is 10.3 Å².